The third-order valence-electron chi connectivity index (χ3n) is 5.10. The first-order chi connectivity index (χ1) is 15.8. The molecule has 0 radical (unpaired) electrons. The number of rotatable bonds is 6. The lowest BCUT2D eigenvalue weighted by Crippen LogP contribution is -2.22. The van der Waals surface area contributed by atoms with Crippen molar-refractivity contribution >= 4 is 34.7 Å². The van der Waals surface area contributed by atoms with Crippen LogP contribution in [0.5, 0.6) is 5.75 Å². The van der Waals surface area contributed by atoms with Crippen LogP contribution in [0.2, 0.25) is 5.02 Å². The summed E-state index contributed by atoms with van der Waals surface area (Å²) in [7, 11) is 3.32. The molecular formula is C25H23ClN4O3. The fourth-order valence-electron chi connectivity index (χ4n) is 3.41. The predicted octanol–water partition coefficient (Wildman–Crippen LogP) is 4.83. The van der Waals surface area contributed by atoms with Crippen LogP contribution in [0, 0.1) is 6.92 Å². The van der Waals surface area contributed by atoms with Crippen molar-refractivity contribution in [1.29, 1.82) is 0 Å². The Bertz CT molecular complexity index is 1350. The molecule has 2 aromatic heterocycles. The molecule has 1 N–H and O–H groups in total. The average Bonchev–Trinajstić information content (AvgIpc) is 3.23. The highest BCUT2D eigenvalue weighted by atomic mass is 35.5. The molecule has 0 unspecified atom stereocenters. The van der Waals surface area contributed by atoms with Crippen LogP contribution in [0.3, 0.4) is 0 Å². The van der Waals surface area contributed by atoms with Crippen LogP contribution < -0.4 is 10.1 Å². The number of nitrogens with zero attached hydrogens (tertiary/aromatic N) is 3. The molecule has 4 aromatic rings. The first-order valence-electron chi connectivity index (χ1n) is 10.3. The fraction of sp³-hybridized carbons (Fsp3) is 0.160. The normalized spacial score (nSPS) is 10.8. The van der Waals surface area contributed by atoms with E-state index in [0.717, 1.165) is 16.9 Å². The summed E-state index contributed by atoms with van der Waals surface area (Å²) >= 11 is 6.26. The number of aryl methyl sites for hydroxylation is 1. The van der Waals surface area contributed by atoms with Gasteiger partial charge in [0, 0.05) is 32.1 Å². The Balaban J connectivity index is 1.53. The number of nitrogens with one attached hydrogen (secondary N) is 1. The van der Waals surface area contributed by atoms with Gasteiger partial charge in [0.1, 0.15) is 18.0 Å². The molecule has 2 heterocycles. The number of aromatic nitrogens is 2. The van der Waals surface area contributed by atoms with Gasteiger partial charge in [-0.3, -0.25) is 9.59 Å². The number of hydrogen-bond donors (Lipinski definition) is 1. The summed E-state index contributed by atoms with van der Waals surface area (Å²) < 4.78 is 7.89. The number of carbonyl (C=O) groups is 2. The van der Waals surface area contributed by atoms with Crippen LogP contribution in [-0.2, 0) is 6.61 Å². The number of imidazole rings is 1. The van der Waals surface area contributed by atoms with E-state index in [1.54, 1.807) is 56.6 Å². The Morgan fingerprint density at radius 3 is 2.67 bits per heavy atom. The van der Waals surface area contributed by atoms with Gasteiger partial charge in [-0.1, -0.05) is 29.8 Å². The van der Waals surface area contributed by atoms with E-state index in [1.807, 2.05) is 35.9 Å². The maximum absolute atomic E-state index is 13.0. The van der Waals surface area contributed by atoms with Crippen LogP contribution in [0.4, 0.5) is 5.69 Å². The molecule has 4 rings (SSSR count). The van der Waals surface area contributed by atoms with Gasteiger partial charge < -0.3 is 19.4 Å². The Morgan fingerprint density at radius 1 is 1.12 bits per heavy atom. The van der Waals surface area contributed by atoms with Gasteiger partial charge in [0.25, 0.3) is 11.8 Å². The number of ether oxygens (including phenoxy) is 1. The lowest BCUT2D eigenvalue weighted by Gasteiger charge is -2.14. The highest BCUT2D eigenvalue weighted by molar-refractivity contribution is 6.34. The van der Waals surface area contributed by atoms with Gasteiger partial charge in [0.05, 0.1) is 22.0 Å². The third kappa shape index (κ3) is 4.83. The zero-order chi connectivity index (χ0) is 23.5. The van der Waals surface area contributed by atoms with Crippen LogP contribution in [0.1, 0.15) is 32.0 Å². The zero-order valence-corrected chi connectivity index (χ0v) is 19.3. The summed E-state index contributed by atoms with van der Waals surface area (Å²) in [6, 6.07) is 15.7. The standard InChI is InChI=1S/C25H23ClN4O3/c1-16-7-6-12-30-14-18(27-23(16)30)15-33-22-9-5-4-8-19(22)24(31)28-21-13-17(10-11-20(21)26)25(32)29(2)3/h4-14H,15H2,1-3H3,(H,28,31). The number of pyridine rings is 1. The molecule has 33 heavy (non-hydrogen) atoms. The van der Waals surface area contributed by atoms with Crippen molar-refractivity contribution < 1.29 is 14.3 Å². The molecule has 2 amide bonds. The summed E-state index contributed by atoms with van der Waals surface area (Å²) in [5.74, 6) is -0.165. The summed E-state index contributed by atoms with van der Waals surface area (Å²) in [5.41, 5.74) is 3.79. The van der Waals surface area contributed by atoms with E-state index in [-0.39, 0.29) is 12.5 Å². The quantitative estimate of drug-likeness (QED) is 0.445. The van der Waals surface area contributed by atoms with Gasteiger partial charge in [-0.25, -0.2) is 4.98 Å². The minimum Gasteiger partial charge on any atom is -0.486 e. The van der Waals surface area contributed by atoms with Gasteiger partial charge in [0.2, 0.25) is 0 Å². The molecule has 0 saturated heterocycles. The summed E-state index contributed by atoms with van der Waals surface area (Å²) in [6.07, 6.45) is 3.83. The first-order valence-corrected chi connectivity index (χ1v) is 10.7. The Kier molecular flexibility index (Phi) is 6.33. The Hall–Kier alpha value is -3.84. The number of halogens is 1. The molecule has 0 atom stereocenters. The lowest BCUT2D eigenvalue weighted by molar-refractivity contribution is 0.0827. The fourth-order valence-corrected chi connectivity index (χ4v) is 3.57. The van der Waals surface area contributed by atoms with Crippen molar-refractivity contribution in [3.63, 3.8) is 0 Å². The Labute approximate surface area is 196 Å². The smallest absolute Gasteiger partial charge is 0.259 e. The summed E-state index contributed by atoms with van der Waals surface area (Å²) in [6.45, 7) is 2.21. The van der Waals surface area contributed by atoms with E-state index >= 15 is 0 Å². The average molecular weight is 463 g/mol. The molecular weight excluding hydrogens is 440 g/mol. The second kappa shape index (κ2) is 9.34. The topological polar surface area (TPSA) is 75.9 Å². The minimum atomic E-state index is -0.396. The van der Waals surface area contributed by atoms with E-state index in [0.29, 0.717) is 27.6 Å². The maximum Gasteiger partial charge on any atom is 0.259 e. The largest absolute Gasteiger partial charge is 0.486 e. The molecule has 0 aliphatic heterocycles. The van der Waals surface area contributed by atoms with Gasteiger partial charge in [-0.15, -0.1) is 0 Å². The van der Waals surface area contributed by atoms with Gasteiger partial charge in [-0.05, 0) is 48.9 Å². The molecule has 0 fully saturated rings. The SMILES string of the molecule is Cc1cccn2cc(COc3ccccc3C(=O)Nc3cc(C(=O)N(C)C)ccc3Cl)nc12. The van der Waals surface area contributed by atoms with Crippen molar-refractivity contribution in [1.82, 2.24) is 14.3 Å². The zero-order valence-electron chi connectivity index (χ0n) is 18.5. The lowest BCUT2D eigenvalue weighted by atomic mass is 10.1. The Morgan fingerprint density at radius 2 is 1.91 bits per heavy atom. The van der Waals surface area contributed by atoms with Crippen molar-refractivity contribution in [2.45, 2.75) is 13.5 Å². The van der Waals surface area contributed by atoms with Gasteiger partial charge in [-0.2, -0.15) is 0 Å². The number of hydrogen-bond acceptors (Lipinski definition) is 4. The number of benzene rings is 2. The second-order valence-corrected chi connectivity index (χ2v) is 8.19. The van der Waals surface area contributed by atoms with E-state index < -0.39 is 5.91 Å². The molecule has 2 aromatic carbocycles. The van der Waals surface area contributed by atoms with Crippen molar-refractivity contribution in [3.05, 3.63) is 94.4 Å². The predicted molar refractivity (Wildman–Crippen MR) is 128 cm³/mol. The van der Waals surface area contributed by atoms with Crippen LogP contribution in [0.25, 0.3) is 5.65 Å². The number of carbonyl (C=O) groups excluding carboxylic acids is 2. The van der Waals surface area contributed by atoms with Crippen LogP contribution >= 0.6 is 11.6 Å². The number of para-hydroxylation sites is 1. The number of amides is 2. The van der Waals surface area contributed by atoms with E-state index in [9.17, 15) is 9.59 Å². The van der Waals surface area contributed by atoms with E-state index in [4.69, 9.17) is 16.3 Å². The summed E-state index contributed by atoms with van der Waals surface area (Å²) in [4.78, 5) is 31.4. The highest BCUT2D eigenvalue weighted by Gasteiger charge is 2.17. The molecule has 0 bridgehead atoms. The van der Waals surface area contributed by atoms with Crippen LogP contribution in [-0.4, -0.2) is 40.2 Å². The van der Waals surface area contributed by atoms with Gasteiger partial charge >= 0.3 is 0 Å². The number of fused-ring (bicyclic) bond motifs is 1. The number of anilines is 1. The molecule has 0 spiro atoms. The monoisotopic (exact) mass is 462 g/mol. The van der Waals surface area contributed by atoms with Crippen molar-refractivity contribution in [2.24, 2.45) is 0 Å². The molecule has 0 saturated carbocycles. The van der Waals surface area contributed by atoms with E-state index in [1.165, 1.54) is 4.90 Å². The van der Waals surface area contributed by atoms with Gasteiger partial charge in [0.15, 0.2) is 0 Å². The molecule has 8 heteroatoms. The van der Waals surface area contributed by atoms with Crippen molar-refractivity contribution in [2.75, 3.05) is 19.4 Å². The molecule has 7 nitrogen and oxygen atoms in total. The molecule has 0 aliphatic rings. The summed E-state index contributed by atoms with van der Waals surface area (Å²) in [5, 5.41) is 3.12. The highest BCUT2D eigenvalue weighted by Crippen LogP contribution is 2.26. The van der Waals surface area contributed by atoms with Crippen molar-refractivity contribution in [3.8, 4) is 5.75 Å². The second-order valence-electron chi connectivity index (χ2n) is 7.79. The molecule has 168 valence electrons. The third-order valence-corrected chi connectivity index (χ3v) is 5.43. The first kappa shape index (κ1) is 22.4. The van der Waals surface area contributed by atoms with Crippen LogP contribution in [0.15, 0.2) is 67.0 Å². The maximum atomic E-state index is 13.0. The minimum absolute atomic E-state index is 0.186. The molecule has 0 aliphatic carbocycles. The van der Waals surface area contributed by atoms with E-state index in [2.05, 4.69) is 10.3 Å².